The summed E-state index contributed by atoms with van der Waals surface area (Å²) < 4.78 is 41.4. The van der Waals surface area contributed by atoms with Gasteiger partial charge >= 0.3 is 0 Å². The normalized spacial score (nSPS) is 14.8. The molecule has 0 radical (unpaired) electrons. The molecule has 1 N–H and O–H groups in total. The maximum atomic E-state index is 13.7. The number of aryl methyl sites for hydroxylation is 3. The summed E-state index contributed by atoms with van der Waals surface area (Å²) in [6, 6.07) is 14.6. The van der Waals surface area contributed by atoms with E-state index < -0.39 is 15.4 Å². The topological polar surface area (TPSA) is 115 Å². The van der Waals surface area contributed by atoms with Crippen LogP contribution in [0.15, 0.2) is 57.9 Å². The van der Waals surface area contributed by atoms with Crippen LogP contribution in [-0.4, -0.2) is 35.9 Å². The number of carbonyl (C=O) groups is 1. The summed E-state index contributed by atoms with van der Waals surface area (Å²) in [6.07, 6.45) is 0.759. The molecule has 0 bridgehead atoms. The molecule has 226 valence electrons. The molecule has 0 unspecified atom stereocenters. The van der Waals surface area contributed by atoms with Crippen molar-refractivity contribution < 1.29 is 22.5 Å². The number of hydrogen-bond acceptors (Lipinski definition) is 7. The minimum Gasteiger partial charge on any atom is -0.488 e. The van der Waals surface area contributed by atoms with Crippen LogP contribution in [0.3, 0.4) is 0 Å². The zero-order valence-corrected chi connectivity index (χ0v) is 26.6. The number of nitrogens with one attached hydrogen (secondary N) is 1. The number of amides is 1. The second-order valence-electron chi connectivity index (χ2n) is 11.9. The largest absolute Gasteiger partial charge is 0.488 e. The highest BCUT2D eigenvalue weighted by molar-refractivity contribution is 7.92. The molecule has 1 amide bonds. The maximum Gasteiger partial charge on any atom is 0.264 e. The Bertz CT molecular complexity index is 1810. The van der Waals surface area contributed by atoms with Crippen LogP contribution in [0, 0.1) is 40.0 Å². The van der Waals surface area contributed by atoms with Gasteiger partial charge in [-0.2, -0.15) is 0 Å². The van der Waals surface area contributed by atoms with Crippen molar-refractivity contribution in [1.82, 2.24) is 15.0 Å². The zero-order valence-electron chi connectivity index (χ0n) is 25.7. The van der Waals surface area contributed by atoms with Gasteiger partial charge in [0, 0.05) is 52.6 Å². The van der Waals surface area contributed by atoms with Gasteiger partial charge < -0.3 is 14.2 Å². The first kappa shape index (κ1) is 30.3. The van der Waals surface area contributed by atoms with Gasteiger partial charge in [0.2, 0.25) is 11.8 Å². The molecule has 1 aliphatic heterocycles. The SMILES string of the molecule is Cc1cc(OCc2ccc(-c3ccccc3S(=O)(=O)Nc3onc(C)c3C)c(CN3CCC(C)(C)C3=O)c2)c(C)c(C)n1. The highest BCUT2D eigenvalue weighted by atomic mass is 32.2. The molecule has 9 nitrogen and oxygen atoms in total. The second kappa shape index (κ2) is 11.5. The van der Waals surface area contributed by atoms with Crippen LogP contribution >= 0.6 is 0 Å². The van der Waals surface area contributed by atoms with Crippen LogP contribution in [0.5, 0.6) is 5.75 Å². The first-order chi connectivity index (χ1) is 20.3. The van der Waals surface area contributed by atoms with Crippen LogP contribution in [0.2, 0.25) is 0 Å². The number of hydrogen-bond donors (Lipinski definition) is 1. The molecular weight excluding hydrogens is 564 g/mol. The molecule has 0 saturated carbocycles. The van der Waals surface area contributed by atoms with Crippen LogP contribution in [0.1, 0.15) is 59.6 Å². The third kappa shape index (κ3) is 6.15. The molecule has 3 heterocycles. The summed E-state index contributed by atoms with van der Waals surface area (Å²) in [5.41, 5.74) is 6.56. The van der Waals surface area contributed by atoms with Gasteiger partial charge in [-0.05, 0) is 69.9 Å². The second-order valence-corrected chi connectivity index (χ2v) is 13.6. The Balaban J connectivity index is 1.54. The predicted molar refractivity (Wildman–Crippen MR) is 165 cm³/mol. The van der Waals surface area contributed by atoms with Crippen molar-refractivity contribution in [2.75, 3.05) is 11.3 Å². The summed E-state index contributed by atoms with van der Waals surface area (Å²) in [5, 5.41) is 3.87. The van der Waals surface area contributed by atoms with Crippen molar-refractivity contribution in [2.45, 2.75) is 72.9 Å². The van der Waals surface area contributed by atoms with Crippen molar-refractivity contribution >= 4 is 21.8 Å². The number of pyridine rings is 1. The number of benzene rings is 2. The Morgan fingerprint density at radius 1 is 0.977 bits per heavy atom. The summed E-state index contributed by atoms with van der Waals surface area (Å²) >= 11 is 0. The first-order valence-corrected chi connectivity index (χ1v) is 15.8. The van der Waals surface area contributed by atoms with Crippen LogP contribution in [0.25, 0.3) is 11.1 Å². The molecule has 0 aliphatic carbocycles. The van der Waals surface area contributed by atoms with Gasteiger partial charge in [0.25, 0.3) is 10.0 Å². The van der Waals surface area contributed by atoms with E-state index in [1.165, 1.54) is 0 Å². The Morgan fingerprint density at radius 3 is 2.40 bits per heavy atom. The molecule has 1 saturated heterocycles. The van der Waals surface area contributed by atoms with Gasteiger partial charge in [0.05, 0.1) is 10.6 Å². The molecule has 43 heavy (non-hydrogen) atoms. The van der Waals surface area contributed by atoms with Gasteiger partial charge in [-0.3, -0.25) is 9.78 Å². The third-order valence-corrected chi connectivity index (χ3v) is 9.63. The van der Waals surface area contributed by atoms with Gasteiger partial charge in [-0.25, -0.2) is 13.1 Å². The summed E-state index contributed by atoms with van der Waals surface area (Å²) in [5.74, 6) is 0.937. The molecule has 2 aromatic carbocycles. The van der Waals surface area contributed by atoms with Crippen LogP contribution in [0.4, 0.5) is 5.88 Å². The molecule has 2 aromatic heterocycles. The maximum absolute atomic E-state index is 13.7. The molecule has 10 heteroatoms. The lowest BCUT2D eigenvalue weighted by Crippen LogP contribution is -2.30. The van der Waals surface area contributed by atoms with E-state index in [9.17, 15) is 13.2 Å². The minimum absolute atomic E-state index is 0.0807. The van der Waals surface area contributed by atoms with Crippen molar-refractivity contribution in [3.8, 4) is 16.9 Å². The monoisotopic (exact) mass is 602 g/mol. The quantitative estimate of drug-likeness (QED) is 0.235. The Morgan fingerprint density at radius 2 is 1.72 bits per heavy atom. The number of rotatable bonds is 9. The molecule has 0 spiro atoms. The Hall–Kier alpha value is -4.18. The lowest BCUT2D eigenvalue weighted by Gasteiger charge is -2.23. The number of likely N-dealkylation sites (tertiary alicyclic amines) is 1. The number of nitrogens with zero attached hydrogens (tertiary/aromatic N) is 3. The lowest BCUT2D eigenvalue weighted by atomic mass is 9.92. The molecule has 5 rings (SSSR count). The van der Waals surface area contributed by atoms with Gasteiger partial charge in [-0.1, -0.05) is 49.3 Å². The number of aromatic nitrogens is 2. The zero-order chi connectivity index (χ0) is 31.1. The standard InChI is InChI=1S/C33H38N4O5S/c1-20-16-29(21(2)23(4)34-20)41-19-25-12-13-27(26(17-25)18-37-15-14-33(6,7)32(37)38)28-10-8-9-11-30(28)43(39,40)36-31-22(3)24(5)35-42-31/h8-13,16-17,36H,14-15,18-19H2,1-7H3. The highest BCUT2D eigenvalue weighted by Crippen LogP contribution is 2.36. The smallest absolute Gasteiger partial charge is 0.264 e. The van der Waals surface area contributed by atoms with E-state index in [1.807, 2.05) is 63.8 Å². The number of carbonyl (C=O) groups excluding carboxylic acids is 1. The van der Waals surface area contributed by atoms with Gasteiger partial charge in [0.15, 0.2) is 0 Å². The summed E-state index contributed by atoms with van der Waals surface area (Å²) in [6.45, 7) is 14.6. The van der Waals surface area contributed by atoms with E-state index in [2.05, 4.69) is 14.9 Å². The van der Waals surface area contributed by atoms with E-state index in [4.69, 9.17) is 9.26 Å². The third-order valence-electron chi connectivity index (χ3n) is 8.25. The minimum atomic E-state index is -4.04. The lowest BCUT2D eigenvalue weighted by molar-refractivity contribution is -0.135. The Kier molecular flexibility index (Phi) is 8.09. The molecule has 1 aliphatic rings. The van der Waals surface area contributed by atoms with Crippen molar-refractivity contribution in [1.29, 1.82) is 0 Å². The van der Waals surface area contributed by atoms with Gasteiger partial charge in [0.1, 0.15) is 12.4 Å². The number of ether oxygens (including phenoxy) is 1. The number of anilines is 1. The van der Waals surface area contributed by atoms with Crippen LogP contribution in [-0.2, 0) is 28.0 Å². The molecule has 0 atom stereocenters. The van der Waals surface area contributed by atoms with Crippen molar-refractivity contribution in [3.63, 3.8) is 0 Å². The molecule has 4 aromatic rings. The van der Waals surface area contributed by atoms with E-state index in [0.717, 1.165) is 45.8 Å². The predicted octanol–water partition coefficient (Wildman–Crippen LogP) is 6.42. The number of sulfonamides is 1. The fourth-order valence-corrected chi connectivity index (χ4v) is 6.59. The van der Waals surface area contributed by atoms with Crippen LogP contribution < -0.4 is 9.46 Å². The first-order valence-electron chi connectivity index (χ1n) is 14.3. The average Bonchev–Trinajstić information content (AvgIpc) is 3.41. The highest BCUT2D eigenvalue weighted by Gasteiger charge is 2.38. The summed E-state index contributed by atoms with van der Waals surface area (Å²) in [7, 11) is -4.04. The van der Waals surface area contributed by atoms with Crippen molar-refractivity contribution in [3.05, 3.63) is 87.9 Å². The molecule has 1 fully saturated rings. The fraction of sp³-hybridized carbons (Fsp3) is 0.364. The Labute approximate surface area is 253 Å². The van der Waals surface area contributed by atoms with Crippen molar-refractivity contribution in [2.24, 2.45) is 5.41 Å². The van der Waals surface area contributed by atoms with E-state index >= 15 is 0 Å². The van der Waals surface area contributed by atoms with E-state index in [1.54, 1.807) is 38.1 Å². The summed E-state index contributed by atoms with van der Waals surface area (Å²) in [4.78, 5) is 19.7. The molecular formula is C33H38N4O5S. The van der Waals surface area contributed by atoms with E-state index in [-0.39, 0.29) is 16.7 Å². The fourth-order valence-electron chi connectivity index (χ4n) is 5.32. The average molecular weight is 603 g/mol. The van der Waals surface area contributed by atoms with E-state index in [0.29, 0.717) is 36.5 Å². The van der Waals surface area contributed by atoms with Gasteiger partial charge in [-0.15, -0.1) is 0 Å².